The molecule has 2 aromatic rings. The molecule has 1 unspecified atom stereocenters. The summed E-state index contributed by atoms with van der Waals surface area (Å²) >= 11 is 6.00. The first-order valence-corrected chi connectivity index (χ1v) is 7.61. The Morgan fingerprint density at radius 2 is 2.10 bits per heavy atom. The van der Waals surface area contributed by atoms with E-state index in [1.54, 1.807) is 12.1 Å². The minimum atomic E-state index is -0.242. The lowest BCUT2D eigenvalue weighted by Crippen LogP contribution is -2.24. The highest BCUT2D eigenvalue weighted by Gasteiger charge is 2.17. The maximum Gasteiger partial charge on any atom is 0.128 e. The molecule has 21 heavy (non-hydrogen) atoms. The second-order valence-electron chi connectivity index (χ2n) is 5.36. The van der Waals surface area contributed by atoms with Crippen LogP contribution in [0.4, 0.5) is 4.39 Å². The van der Waals surface area contributed by atoms with Gasteiger partial charge in [0.1, 0.15) is 5.82 Å². The fraction of sp³-hybridized carbons (Fsp3) is 0.438. The molecule has 1 heterocycles. The zero-order chi connectivity index (χ0) is 15.4. The van der Waals surface area contributed by atoms with Gasteiger partial charge in [-0.3, -0.25) is 4.68 Å². The predicted molar refractivity (Wildman–Crippen MR) is 84.1 cm³/mol. The number of likely N-dealkylation sites (N-methyl/N-ethyl adjacent to an activating group) is 1. The van der Waals surface area contributed by atoms with E-state index in [-0.39, 0.29) is 11.9 Å². The zero-order valence-corrected chi connectivity index (χ0v) is 13.4. The van der Waals surface area contributed by atoms with Crippen LogP contribution in [0, 0.1) is 5.82 Å². The minimum absolute atomic E-state index is 0.135. The molecule has 0 radical (unpaired) electrons. The van der Waals surface area contributed by atoms with Crippen LogP contribution in [0.2, 0.25) is 5.02 Å². The lowest BCUT2D eigenvalue weighted by Gasteiger charge is -2.18. The molecule has 0 bridgehead atoms. The van der Waals surface area contributed by atoms with Crippen molar-refractivity contribution in [2.24, 2.45) is 0 Å². The van der Waals surface area contributed by atoms with Gasteiger partial charge >= 0.3 is 0 Å². The van der Waals surface area contributed by atoms with E-state index in [0.29, 0.717) is 23.0 Å². The van der Waals surface area contributed by atoms with Crippen molar-refractivity contribution in [1.29, 1.82) is 0 Å². The molecule has 0 aliphatic heterocycles. The Balaban J connectivity index is 2.23. The van der Waals surface area contributed by atoms with Crippen molar-refractivity contribution in [3.8, 4) is 0 Å². The average Bonchev–Trinajstić information content (AvgIpc) is 2.90. The van der Waals surface area contributed by atoms with Gasteiger partial charge in [-0.1, -0.05) is 18.5 Å². The summed E-state index contributed by atoms with van der Waals surface area (Å²) in [7, 11) is 0. The van der Waals surface area contributed by atoms with Gasteiger partial charge in [0.05, 0.1) is 5.69 Å². The van der Waals surface area contributed by atoms with E-state index in [1.165, 1.54) is 6.07 Å². The molecule has 3 nitrogen and oxygen atoms in total. The zero-order valence-electron chi connectivity index (χ0n) is 12.6. The smallest absolute Gasteiger partial charge is 0.128 e. The van der Waals surface area contributed by atoms with Crippen LogP contribution in [0.1, 0.15) is 44.1 Å². The molecule has 0 aliphatic rings. The van der Waals surface area contributed by atoms with E-state index in [0.717, 1.165) is 12.2 Å². The van der Waals surface area contributed by atoms with Crippen LogP contribution in [0.25, 0.3) is 0 Å². The van der Waals surface area contributed by atoms with Crippen molar-refractivity contribution >= 4 is 11.6 Å². The Hall–Kier alpha value is -1.39. The summed E-state index contributed by atoms with van der Waals surface area (Å²) in [5.41, 5.74) is 1.53. The van der Waals surface area contributed by atoms with Crippen molar-refractivity contribution in [2.75, 3.05) is 6.54 Å². The first-order valence-electron chi connectivity index (χ1n) is 7.23. The Kier molecular flexibility index (Phi) is 5.37. The molecule has 5 heteroatoms. The molecule has 0 spiro atoms. The second kappa shape index (κ2) is 7.05. The first kappa shape index (κ1) is 16.0. The van der Waals surface area contributed by atoms with Crippen LogP contribution in [-0.2, 0) is 6.42 Å². The summed E-state index contributed by atoms with van der Waals surface area (Å²) in [6.45, 7) is 6.91. The van der Waals surface area contributed by atoms with E-state index in [9.17, 15) is 4.39 Å². The normalized spacial score (nSPS) is 12.9. The molecule has 2 rings (SSSR count). The highest BCUT2D eigenvalue weighted by molar-refractivity contribution is 6.30. The standard InChI is InChI=1S/C16H21ClFN3/c1-4-19-16(14-9-12(17)5-6-15(14)18)10-13-7-8-21(20-13)11(2)3/h5-9,11,16,19H,4,10H2,1-3H3. The van der Waals surface area contributed by atoms with E-state index in [1.807, 2.05) is 23.9 Å². The summed E-state index contributed by atoms with van der Waals surface area (Å²) < 4.78 is 16.0. The van der Waals surface area contributed by atoms with Crippen molar-refractivity contribution in [3.63, 3.8) is 0 Å². The quantitative estimate of drug-likeness (QED) is 0.868. The van der Waals surface area contributed by atoms with Gasteiger partial charge in [0, 0.05) is 35.3 Å². The van der Waals surface area contributed by atoms with Crippen LogP contribution < -0.4 is 5.32 Å². The van der Waals surface area contributed by atoms with Crippen LogP contribution in [0.3, 0.4) is 0 Å². The summed E-state index contributed by atoms with van der Waals surface area (Å²) in [5, 5.41) is 8.38. The number of hydrogen-bond acceptors (Lipinski definition) is 2. The largest absolute Gasteiger partial charge is 0.310 e. The Morgan fingerprint density at radius 1 is 1.33 bits per heavy atom. The summed E-state index contributed by atoms with van der Waals surface area (Å²) in [4.78, 5) is 0. The predicted octanol–water partition coefficient (Wildman–Crippen LogP) is 4.15. The molecule has 114 valence electrons. The van der Waals surface area contributed by atoms with Crippen molar-refractivity contribution in [2.45, 2.75) is 39.3 Å². The SMILES string of the molecule is CCNC(Cc1ccn(C(C)C)n1)c1cc(Cl)ccc1F. The van der Waals surface area contributed by atoms with Gasteiger partial charge in [-0.25, -0.2) is 4.39 Å². The highest BCUT2D eigenvalue weighted by Crippen LogP contribution is 2.24. The Bertz CT molecular complexity index is 595. The van der Waals surface area contributed by atoms with Crippen LogP contribution in [0.5, 0.6) is 0 Å². The van der Waals surface area contributed by atoms with E-state index < -0.39 is 0 Å². The number of nitrogens with zero attached hydrogens (tertiary/aromatic N) is 2. The van der Waals surface area contributed by atoms with Crippen LogP contribution in [0.15, 0.2) is 30.5 Å². The van der Waals surface area contributed by atoms with Gasteiger partial charge < -0.3 is 5.32 Å². The highest BCUT2D eigenvalue weighted by atomic mass is 35.5. The topological polar surface area (TPSA) is 29.9 Å². The molecular weight excluding hydrogens is 289 g/mol. The van der Waals surface area contributed by atoms with Gasteiger partial charge in [-0.05, 0) is 44.7 Å². The fourth-order valence-corrected chi connectivity index (χ4v) is 2.48. The van der Waals surface area contributed by atoms with Gasteiger partial charge in [-0.15, -0.1) is 0 Å². The summed E-state index contributed by atoms with van der Waals surface area (Å²) in [6.07, 6.45) is 2.59. The maximum absolute atomic E-state index is 14.1. The van der Waals surface area contributed by atoms with Gasteiger partial charge in [0.15, 0.2) is 0 Å². The fourth-order valence-electron chi connectivity index (χ4n) is 2.30. The molecular formula is C16H21ClFN3. The average molecular weight is 310 g/mol. The van der Waals surface area contributed by atoms with Gasteiger partial charge in [0.25, 0.3) is 0 Å². The Morgan fingerprint density at radius 3 is 2.71 bits per heavy atom. The Labute approximate surface area is 130 Å². The number of benzene rings is 1. The van der Waals surface area contributed by atoms with Gasteiger partial charge in [0.2, 0.25) is 0 Å². The second-order valence-corrected chi connectivity index (χ2v) is 5.80. The number of halogens is 2. The molecule has 0 fully saturated rings. The molecule has 1 atom stereocenters. The summed E-state index contributed by atoms with van der Waals surface area (Å²) in [5.74, 6) is -0.242. The monoisotopic (exact) mass is 309 g/mol. The first-order chi connectivity index (χ1) is 10.0. The van der Waals surface area contributed by atoms with Crippen molar-refractivity contribution in [1.82, 2.24) is 15.1 Å². The molecule has 0 saturated carbocycles. The lowest BCUT2D eigenvalue weighted by atomic mass is 10.0. The van der Waals surface area contributed by atoms with E-state index in [4.69, 9.17) is 11.6 Å². The minimum Gasteiger partial charge on any atom is -0.310 e. The molecule has 1 N–H and O–H groups in total. The summed E-state index contributed by atoms with van der Waals surface area (Å²) in [6, 6.07) is 6.82. The molecule has 1 aromatic heterocycles. The molecule has 0 saturated heterocycles. The molecule has 1 aromatic carbocycles. The van der Waals surface area contributed by atoms with Crippen molar-refractivity contribution < 1.29 is 4.39 Å². The van der Waals surface area contributed by atoms with Gasteiger partial charge in [-0.2, -0.15) is 5.10 Å². The van der Waals surface area contributed by atoms with E-state index >= 15 is 0 Å². The number of aromatic nitrogens is 2. The number of nitrogens with one attached hydrogen (secondary N) is 1. The molecule has 0 aliphatic carbocycles. The lowest BCUT2D eigenvalue weighted by molar-refractivity contribution is 0.490. The third kappa shape index (κ3) is 4.05. The van der Waals surface area contributed by atoms with Crippen LogP contribution >= 0.6 is 11.6 Å². The van der Waals surface area contributed by atoms with Crippen LogP contribution in [-0.4, -0.2) is 16.3 Å². The maximum atomic E-state index is 14.1. The van der Waals surface area contributed by atoms with Crippen molar-refractivity contribution in [3.05, 3.63) is 52.6 Å². The molecule has 0 amide bonds. The van der Waals surface area contributed by atoms with E-state index in [2.05, 4.69) is 24.3 Å². The third-order valence-electron chi connectivity index (χ3n) is 3.39. The number of hydrogen-bond donors (Lipinski definition) is 1. The third-order valence-corrected chi connectivity index (χ3v) is 3.62. The number of rotatable bonds is 6.